The Morgan fingerprint density at radius 2 is 2.10 bits per heavy atom. The average Bonchev–Trinajstić information content (AvgIpc) is 3.39. The van der Waals surface area contributed by atoms with E-state index < -0.39 is 0 Å². The second-order valence-electron chi connectivity index (χ2n) is 8.52. The molecule has 2 saturated carbocycles. The van der Waals surface area contributed by atoms with Crippen LogP contribution in [0.5, 0.6) is 11.5 Å². The average molecular weight is 506 g/mol. The molecule has 0 radical (unpaired) electrons. The largest absolute Gasteiger partial charge is 0.493 e. The van der Waals surface area contributed by atoms with Crippen LogP contribution in [0.25, 0.3) is 0 Å². The van der Waals surface area contributed by atoms with Gasteiger partial charge >= 0.3 is 0 Å². The van der Waals surface area contributed by atoms with E-state index in [0.29, 0.717) is 29.0 Å². The van der Waals surface area contributed by atoms with Crippen molar-refractivity contribution in [1.82, 2.24) is 5.43 Å². The van der Waals surface area contributed by atoms with Gasteiger partial charge in [-0.25, -0.2) is 5.43 Å². The number of nitrogens with zero attached hydrogens (tertiary/aromatic N) is 1. The molecule has 0 spiro atoms. The molecule has 0 heterocycles. The molecule has 5 nitrogen and oxygen atoms in total. The fraction of sp³-hybridized carbons (Fsp3) is 0.417. The molecule has 31 heavy (non-hydrogen) atoms. The van der Waals surface area contributed by atoms with E-state index in [0.717, 1.165) is 28.4 Å². The van der Waals surface area contributed by atoms with E-state index in [1.807, 2.05) is 36.4 Å². The van der Waals surface area contributed by atoms with Crippen molar-refractivity contribution in [3.8, 4) is 11.5 Å². The molecule has 2 aromatic carbocycles. The zero-order valence-electron chi connectivity index (χ0n) is 17.7. The minimum absolute atomic E-state index is 0.0274. The Balaban J connectivity index is 1.39. The highest BCUT2D eigenvalue weighted by Gasteiger charge is 2.64. The van der Waals surface area contributed by atoms with E-state index in [9.17, 15) is 4.79 Å². The summed E-state index contributed by atoms with van der Waals surface area (Å²) in [5.41, 5.74) is 4.70. The van der Waals surface area contributed by atoms with Gasteiger partial charge in [0.15, 0.2) is 11.5 Å². The third-order valence-corrected chi connectivity index (χ3v) is 7.39. The molecule has 7 heteroatoms. The van der Waals surface area contributed by atoms with Crippen molar-refractivity contribution in [1.29, 1.82) is 0 Å². The molecule has 2 aliphatic rings. The minimum Gasteiger partial charge on any atom is -0.493 e. The second kappa shape index (κ2) is 9.21. The van der Waals surface area contributed by atoms with Gasteiger partial charge in [-0.1, -0.05) is 43.5 Å². The Labute approximate surface area is 196 Å². The summed E-state index contributed by atoms with van der Waals surface area (Å²) in [6, 6.07) is 11.2. The van der Waals surface area contributed by atoms with Crippen molar-refractivity contribution < 1.29 is 14.3 Å². The molecule has 0 aromatic heterocycles. The summed E-state index contributed by atoms with van der Waals surface area (Å²) in [6.45, 7) is 2.62. The van der Waals surface area contributed by atoms with Gasteiger partial charge in [-0.05, 0) is 75.5 Å². The zero-order chi connectivity index (χ0) is 22.0. The van der Waals surface area contributed by atoms with Gasteiger partial charge in [0.05, 0.1) is 17.8 Å². The molecule has 3 atom stereocenters. The quantitative estimate of drug-likeness (QED) is 0.373. The van der Waals surface area contributed by atoms with Crippen molar-refractivity contribution in [2.24, 2.45) is 22.4 Å². The summed E-state index contributed by atoms with van der Waals surface area (Å²) in [5, 5.41) is 4.87. The van der Waals surface area contributed by atoms with Crippen LogP contribution in [0.4, 0.5) is 0 Å². The van der Waals surface area contributed by atoms with Gasteiger partial charge in [0.25, 0.3) is 0 Å². The van der Waals surface area contributed by atoms with Crippen LogP contribution in [0.3, 0.4) is 0 Å². The summed E-state index contributed by atoms with van der Waals surface area (Å²) in [7, 11) is 1.59. The van der Waals surface area contributed by atoms with Crippen molar-refractivity contribution >= 4 is 39.7 Å². The Bertz CT molecular complexity index is 995. The molecule has 4 rings (SSSR count). The zero-order valence-corrected chi connectivity index (χ0v) is 20.0. The van der Waals surface area contributed by atoms with E-state index >= 15 is 0 Å². The predicted molar refractivity (Wildman–Crippen MR) is 126 cm³/mol. The fourth-order valence-electron chi connectivity index (χ4n) is 4.78. The summed E-state index contributed by atoms with van der Waals surface area (Å²) in [6.07, 6.45) is 6.37. The van der Waals surface area contributed by atoms with E-state index in [2.05, 4.69) is 33.4 Å². The molecule has 0 saturated heterocycles. The summed E-state index contributed by atoms with van der Waals surface area (Å²) in [5.74, 6) is 1.82. The molecule has 0 bridgehead atoms. The van der Waals surface area contributed by atoms with Crippen molar-refractivity contribution in [3.63, 3.8) is 0 Å². The lowest BCUT2D eigenvalue weighted by Crippen LogP contribution is -2.22. The topological polar surface area (TPSA) is 59.9 Å². The number of rotatable bonds is 7. The Kier molecular flexibility index (Phi) is 6.58. The van der Waals surface area contributed by atoms with E-state index in [4.69, 9.17) is 21.1 Å². The summed E-state index contributed by atoms with van der Waals surface area (Å²) in [4.78, 5) is 12.6. The highest BCUT2D eigenvalue weighted by atomic mass is 79.9. The number of nitrogens with one attached hydrogen (secondary N) is 1. The van der Waals surface area contributed by atoms with Crippen LogP contribution in [0.2, 0.25) is 5.02 Å². The molecule has 164 valence electrons. The molecule has 2 aromatic rings. The SMILES string of the molecule is COc1cc(/C=N\NC(=O)[C@@H]2[C@H]3CCCC[C@@]32C)cc(Br)c1OCc1ccc(Cl)cc1. The molecular weight excluding hydrogens is 480 g/mol. The highest BCUT2D eigenvalue weighted by Crippen LogP contribution is 2.66. The van der Waals surface area contributed by atoms with Gasteiger partial charge < -0.3 is 9.47 Å². The fourth-order valence-corrected chi connectivity index (χ4v) is 5.48. The van der Waals surface area contributed by atoms with Gasteiger partial charge in [-0.2, -0.15) is 5.10 Å². The highest BCUT2D eigenvalue weighted by molar-refractivity contribution is 9.10. The lowest BCUT2D eigenvalue weighted by Gasteiger charge is -2.15. The third kappa shape index (κ3) is 4.75. The molecule has 0 unspecified atom stereocenters. The molecule has 2 fully saturated rings. The number of hydrogen-bond acceptors (Lipinski definition) is 4. The maximum absolute atomic E-state index is 12.6. The van der Waals surface area contributed by atoms with Crippen molar-refractivity contribution in [2.75, 3.05) is 7.11 Å². The number of hydrazone groups is 1. The Morgan fingerprint density at radius 1 is 1.32 bits per heavy atom. The number of benzene rings is 2. The third-order valence-electron chi connectivity index (χ3n) is 6.55. The molecule has 2 aliphatic carbocycles. The number of halogens is 2. The number of carbonyl (C=O) groups excluding carboxylic acids is 1. The van der Waals surface area contributed by atoms with Crippen LogP contribution in [0, 0.1) is 17.3 Å². The minimum atomic E-state index is 0.0274. The number of carbonyl (C=O) groups is 1. The van der Waals surface area contributed by atoms with Crippen LogP contribution >= 0.6 is 27.5 Å². The Morgan fingerprint density at radius 3 is 2.77 bits per heavy atom. The van der Waals surface area contributed by atoms with E-state index in [1.165, 1.54) is 12.8 Å². The lowest BCUT2D eigenvalue weighted by molar-refractivity contribution is -0.123. The predicted octanol–water partition coefficient (Wildman–Crippen LogP) is 5.97. The number of fused-ring (bicyclic) bond motifs is 1. The van der Waals surface area contributed by atoms with Gasteiger partial charge in [-0.15, -0.1) is 0 Å². The van der Waals surface area contributed by atoms with Crippen molar-refractivity contribution in [2.45, 2.75) is 39.2 Å². The summed E-state index contributed by atoms with van der Waals surface area (Å²) < 4.78 is 12.2. The lowest BCUT2D eigenvalue weighted by atomic mass is 9.90. The van der Waals surface area contributed by atoms with Gasteiger partial charge in [0, 0.05) is 10.9 Å². The first kappa shape index (κ1) is 22.2. The maximum Gasteiger partial charge on any atom is 0.244 e. The number of hydrogen-bond donors (Lipinski definition) is 1. The van der Waals surface area contributed by atoms with Crippen LogP contribution < -0.4 is 14.9 Å². The van der Waals surface area contributed by atoms with Gasteiger partial charge in [-0.3, -0.25) is 4.79 Å². The normalized spacial score (nSPS) is 24.5. The van der Waals surface area contributed by atoms with E-state index in [-0.39, 0.29) is 17.2 Å². The van der Waals surface area contributed by atoms with E-state index in [1.54, 1.807) is 13.3 Å². The smallest absolute Gasteiger partial charge is 0.244 e. The second-order valence-corrected chi connectivity index (χ2v) is 9.81. The standard InChI is InChI=1S/C24H26BrClN2O3/c1-24-10-4-3-5-18(24)21(24)23(29)28-27-13-16-11-19(25)22(20(12-16)30-2)31-14-15-6-8-17(26)9-7-15/h6-9,11-13,18,21H,3-5,10,14H2,1-2H3,(H,28,29)/b27-13-/t18-,21+,24+/m1/s1. The molecule has 0 aliphatic heterocycles. The molecule has 1 amide bonds. The maximum atomic E-state index is 12.6. The number of ether oxygens (including phenoxy) is 2. The first-order chi connectivity index (χ1) is 14.9. The van der Waals surface area contributed by atoms with Gasteiger partial charge in [0.2, 0.25) is 5.91 Å². The van der Waals surface area contributed by atoms with Crippen LogP contribution in [-0.2, 0) is 11.4 Å². The number of amides is 1. The molecule has 1 N–H and O–H groups in total. The monoisotopic (exact) mass is 504 g/mol. The van der Waals surface area contributed by atoms with Crippen LogP contribution in [0.1, 0.15) is 43.7 Å². The van der Waals surface area contributed by atoms with Crippen molar-refractivity contribution in [3.05, 3.63) is 57.0 Å². The van der Waals surface area contributed by atoms with Crippen LogP contribution in [-0.4, -0.2) is 19.2 Å². The number of methoxy groups -OCH3 is 1. The summed E-state index contributed by atoms with van der Waals surface area (Å²) >= 11 is 9.48. The first-order valence-electron chi connectivity index (χ1n) is 10.5. The first-order valence-corrected chi connectivity index (χ1v) is 11.7. The molecular formula is C24H26BrClN2O3. The van der Waals surface area contributed by atoms with Gasteiger partial charge in [0.1, 0.15) is 6.61 Å². The Hall–Kier alpha value is -2.05. The van der Waals surface area contributed by atoms with Crippen LogP contribution in [0.15, 0.2) is 46.0 Å².